The molecule has 0 unspecified atom stereocenters. The van der Waals surface area contributed by atoms with Crippen molar-refractivity contribution in [3.8, 4) is 11.1 Å². The summed E-state index contributed by atoms with van der Waals surface area (Å²) in [5.41, 5.74) is 1.16. The van der Waals surface area contributed by atoms with Crippen LogP contribution in [0, 0.1) is 0 Å². The first-order valence-electron chi connectivity index (χ1n) is 10.4. The van der Waals surface area contributed by atoms with Gasteiger partial charge in [-0.2, -0.15) is 0 Å². The quantitative estimate of drug-likeness (QED) is 0.388. The molecule has 0 aliphatic rings. The summed E-state index contributed by atoms with van der Waals surface area (Å²) in [6.45, 7) is -0.611. The number of hydrogen-bond acceptors (Lipinski definition) is 5. The number of amides is 1. The Labute approximate surface area is 204 Å². The van der Waals surface area contributed by atoms with Crippen LogP contribution >= 0.6 is 11.6 Å². The number of anilines is 1. The number of carbonyl (C=O) groups excluding carboxylic acids is 2. The van der Waals surface area contributed by atoms with Crippen LogP contribution in [0.3, 0.4) is 0 Å². The van der Waals surface area contributed by atoms with E-state index < -0.39 is 24.5 Å². The molecule has 0 aliphatic heterocycles. The molecule has 4 rings (SSSR count). The summed E-state index contributed by atoms with van der Waals surface area (Å²) in [5, 5.41) is 13.0. The Bertz CT molecular complexity index is 1510. The number of carboxylic acid groups (broad SMARTS) is 1. The van der Waals surface area contributed by atoms with Crippen molar-refractivity contribution in [2.45, 2.75) is 0 Å². The van der Waals surface area contributed by atoms with Gasteiger partial charge in [-0.15, -0.1) is 0 Å². The molecule has 0 saturated carbocycles. The van der Waals surface area contributed by atoms with Crippen LogP contribution in [-0.4, -0.2) is 34.1 Å². The highest BCUT2D eigenvalue weighted by atomic mass is 35.5. The third-order valence-electron chi connectivity index (χ3n) is 5.38. The maximum Gasteiger partial charge on any atom is 0.356 e. The van der Waals surface area contributed by atoms with Gasteiger partial charge in [0.25, 0.3) is 11.5 Å². The summed E-state index contributed by atoms with van der Waals surface area (Å²) in [5.74, 6) is -2.56. The molecule has 8 nitrogen and oxygen atoms in total. The number of carboxylic acids is 1. The highest BCUT2D eigenvalue weighted by Crippen LogP contribution is 2.31. The van der Waals surface area contributed by atoms with Crippen molar-refractivity contribution in [2.75, 3.05) is 11.9 Å². The summed E-state index contributed by atoms with van der Waals surface area (Å²) in [7, 11) is 1.47. The number of carbonyl (C=O) groups is 3. The molecule has 0 spiro atoms. The van der Waals surface area contributed by atoms with E-state index in [1.165, 1.54) is 35.9 Å². The van der Waals surface area contributed by atoms with Crippen molar-refractivity contribution in [3.05, 3.63) is 99.4 Å². The van der Waals surface area contributed by atoms with Crippen molar-refractivity contribution in [1.82, 2.24) is 4.57 Å². The number of nitrogens with zero attached hydrogens (tertiary/aromatic N) is 1. The molecule has 0 bridgehead atoms. The maximum absolute atomic E-state index is 13.1. The number of hydrogen-bond donors (Lipinski definition) is 2. The number of halogens is 1. The first-order chi connectivity index (χ1) is 16.8. The molecule has 176 valence electrons. The molecular formula is C26H19ClN2O6. The fourth-order valence-electron chi connectivity index (χ4n) is 3.71. The van der Waals surface area contributed by atoms with Gasteiger partial charge in [0.2, 0.25) is 0 Å². The van der Waals surface area contributed by atoms with Gasteiger partial charge < -0.3 is 19.7 Å². The number of esters is 1. The maximum atomic E-state index is 13.1. The Morgan fingerprint density at radius 1 is 0.943 bits per heavy atom. The smallest absolute Gasteiger partial charge is 0.356 e. The number of aromatic nitrogens is 1. The average Bonchev–Trinajstić information content (AvgIpc) is 2.85. The average molecular weight is 491 g/mol. The molecule has 9 heteroatoms. The molecule has 0 fully saturated rings. The van der Waals surface area contributed by atoms with Crippen LogP contribution in [0.2, 0.25) is 5.02 Å². The van der Waals surface area contributed by atoms with Crippen molar-refractivity contribution < 1.29 is 24.2 Å². The van der Waals surface area contributed by atoms with E-state index in [0.29, 0.717) is 32.6 Å². The molecule has 4 aromatic rings. The van der Waals surface area contributed by atoms with Crippen molar-refractivity contribution in [2.24, 2.45) is 7.05 Å². The van der Waals surface area contributed by atoms with Gasteiger partial charge in [-0.1, -0.05) is 41.9 Å². The predicted molar refractivity (Wildman–Crippen MR) is 132 cm³/mol. The molecule has 1 amide bonds. The van der Waals surface area contributed by atoms with Crippen molar-refractivity contribution in [3.63, 3.8) is 0 Å². The second-order valence-corrected chi connectivity index (χ2v) is 8.08. The van der Waals surface area contributed by atoms with Gasteiger partial charge in [0, 0.05) is 28.7 Å². The fraction of sp³-hybridized carbons (Fsp3) is 0.0769. The summed E-state index contributed by atoms with van der Waals surface area (Å²) in [6.07, 6.45) is 0. The van der Waals surface area contributed by atoms with Gasteiger partial charge in [0.15, 0.2) is 6.61 Å². The van der Waals surface area contributed by atoms with Crippen molar-refractivity contribution in [1.29, 1.82) is 0 Å². The van der Waals surface area contributed by atoms with E-state index in [2.05, 4.69) is 5.32 Å². The first-order valence-corrected chi connectivity index (χ1v) is 10.8. The molecule has 0 atom stereocenters. The molecule has 3 aromatic carbocycles. The lowest BCUT2D eigenvalue weighted by molar-refractivity contribution is -0.119. The standard InChI is InChI=1S/C26H19ClN2O6/c1-29-23(26(34)35-14-21(30)28-18-12-8-16(9-13-18)25(32)33)22(15-6-10-17(27)11-7-15)19-4-2-3-5-20(19)24(29)31/h2-13H,14H2,1H3,(H,28,30)(H,32,33). The monoisotopic (exact) mass is 490 g/mol. The van der Waals surface area contributed by atoms with Crippen LogP contribution in [0.5, 0.6) is 0 Å². The third kappa shape index (κ3) is 4.92. The molecule has 0 radical (unpaired) electrons. The molecular weight excluding hydrogens is 472 g/mol. The lowest BCUT2D eigenvalue weighted by Gasteiger charge is -2.17. The zero-order valence-electron chi connectivity index (χ0n) is 18.4. The van der Waals surface area contributed by atoms with E-state index in [1.807, 2.05) is 0 Å². The molecule has 0 saturated heterocycles. The molecule has 2 N–H and O–H groups in total. The second-order valence-electron chi connectivity index (χ2n) is 7.65. The Balaban J connectivity index is 1.64. The van der Waals surface area contributed by atoms with E-state index >= 15 is 0 Å². The van der Waals surface area contributed by atoms with Crippen LogP contribution in [-0.2, 0) is 16.6 Å². The summed E-state index contributed by atoms with van der Waals surface area (Å²) < 4.78 is 6.47. The SMILES string of the molecule is Cn1c(C(=O)OCC(=O)Nc2ccc(C(=O)O)cc2)c(-c2ccc(Cl)cc2)c2ccccc2c1=O. The minimum atomic E-state index is -1.09. The number of rotatable bonds is 6. The number of fused-ring (bicyclic) bond motifs is 1. The van der Waals surface area contributed by atoms with Gasteiger partial charge in [-0.3, -0.25) is 9.59 Å². The third-order valence-corrected chi connectivity index (χ3v) is 5.63. The molecule has 0 aliphatic carbocycles. The van der Waals surface area contributed by atoms with Gasteiger partial charge in [-0.05, 0) is 53.4 Å². The Kier molecular flexibility index (Phi) is 6.66. The Morgan fingerprint density at radius 2 is 1.57 bits per heavy atom. The number of pyridine rings is 1. The number of aromatic carboxylic acids is 1. The predicted octanol–water partition coefficient (Wildman–Crippen LogP) is 4.35. The van der Waals surface area contributed by atoms with Crippen LogP contribution in [0.15, 0.2) is 77.6 Å². The number of ether oxygens (including phenoxy) is 1. The van der Waals surface area contributed by atoms with Gasteiger partial charge in [-0.25, -0.2) is 9.59 Å². The summed E-state index contributed by atoms with van der Waals surface area (Å²) in [6, 6.07) is 19.3. The lowest BCUT2D eigenvalue weighted by atomic mass is 9.97. The highest BCUT2D eigenvalue weighted by molar-refractivity contribution is 6.30. The summed E-state index contributed by atoms with van der Waals surface area (Å²) in [4.78, 5) is 49.4. The van der Waals surface area contributed by atoms with Gasteiger partial charge >= 0.3 is 11.9 Å². The minimum Gasteiger partial charge on any atom is -0.478 e. The molecule has 1 heterocycles. The topological polar surface area (TPSA) is 115 Å². The van der Waals surface area contributed by atoms with E-state index in [9.17, 15) is 19.2 Å². The van der Waals surface area contributed by atoms with E-state index in [-0.39, 0.29) is 16.8 Å². The minimum absolute atomic E-state index is 0.00497. The Hall–Kier alpha value is -4.43. The van der Waals surface area contributed by atoms with Crippen LogP contribution < -0.4 is 10.9 Å². The Morgan fingerprint density at radius 3 is 2.20 bits per heavy atom. The molecule has 1 aromatic heterocycles. The van der Waals surface area contributed by atoms with Gasteiger partial charge in [0.05, 0.1) is 5.56 Å². The number of nitrogens with one attached hydrogen (secondary N) is 1. The lowest BCUT2D eigenvalue weighted by Crippen LogP contribution is -2.28. The molecule has 35 heavy (non-hydrogen) atoms. The van der Waals surface area contributed by atoms with Crippen molar-refractivity contribution >= 4 is 45.9 Å². The highest BCUT2D eigenvalue weighted by Gasteiger charge is 2.23. The zero-order valence-corrected chi connectivity index (χ0v) is 19.2. The van der Waals surface area contributed by atoms with E-state index in [1.54, 1.807) is 48.5 Å². The normalized spacial score (nSPS) is 10.7. The first kappa shape index (κ1) is 23.7. The number of benzene rings is 3. The fourth-order valence-corrected chi connectivity index (χ4v) is 3.83. The second kappa shape index (κ2) is 9.82. The largest absolute Gasteiger partial charge is 0.478 e. The summed E-state index contributed by atoms with van der Waals surface area (Å²) >= 11 is 6.03. The van der Waals surface area contributed by atoms with Crippen LogP contribution in [0.25, 0.3) is 21.9 Å². The zero-order chi connectivity index (χ0) is 25.1. The van der Waals surface area contributed by atoms with E-state index in [4.69, 9.17) is 21.4 Å². The van der Waals surface area contributed by atoms with Gasteiger partial charge in [0.1, 0.15) is 5.69 Å². The van der Waals surface area contributed by atoms with E-state index in [0.717, 1.165) is 0 Å². The van der Waals surface area contributed by atoms with Crippen LogP contribution in [0.4, 0.5) is 5.69 Å². The van der Waals surface area contributed by atoms with Crippen LogP contribution in [0.1, 0.15) is 20.8 Å².